The van der Waals surface area contributed by atoms with E-state index < -0.39 is 0 Å². The summed E-state index contributed by atoms with van der Waals surface area (Å²) in [4.78, 5) is 30.9. The van der Waals surface area contributed by atoms with Crippen molar-refractivity contribution >= 4 is 23.2 Å². The van der Waals surface area contributed by atoms with Gasteiger partial charge in [0.05, 0.1) is 24.8 Å². The predicted octanol–water partition coefficient (Wildman–Crippen LogP) is 4.37. The van der Waals surface area contributed by atoms with Crippen LogP contribution in [0.1, 0.15) is 26.8 Å². The van der Waals surface area contributed by atoms with Crippen molar-refractivity contribution in [3.63, 3.8) is 0 Å². The lowest BCUT2D eigenvalue weighted by Crippen LogP contribution is -2.30. The number of nitrogens with one attached hydrogen (secondary N) is 1. The number of anilines is 2. The van der Waals surface area contributed by atoms with Gasteiger partial charge in [-0.25, -0.2) is 0 Å². The molecule has 144 valence electrons. The van der Waals surface area contributed by atoms with E-state index in [0.717, 1.165) is 5.69 Å². The highest BCUT2D eigenvalue weighted by molar-refractivity contribution is 6.05. The average molecular weight is 387 g/mol. The number of aromatic nitrogens is 1. The Labute approximate surface area is 166 Å². The van der Waals surface area contributed by atoms with Crippen LogP contribution in [-0.4, -0.2) is 16.8 Å². The molecule has 0 fully saturated rings. The Morgan fingerprint density at radius 2 is 1.59 bits per heavy atom. The molecule has 0 saturated heterocycles. The quantitative estimate of drug-likeness (QED) is 0.531. The van der Waals surface area contributed by atoms with E-state index in [1.165, 1.54) is 12.5 Å². The summed E-state index contributed by atoms with van der Waals surface area (Å²) >= 11 is 0. The van der Waals surface area contributed by atoms with Crippen molar-refractivity contribution in [1.29, 1.82) is 0 Å². The van der Waals surface area contributed by atoms with E-state index in [9.17, 15) is 9.59 Å². The minimum atomic E-state index is -0.347. The van der Waals surface area contributed by atoms with Crippen LogP contribution in [0.25, 0.3) is 0 Å². The molecule has 0 aliphatic heterocycles. The SMILES string of the molecule is O=C(Nc1ccc(N(Cc2ccccn2)C(=O)c2ccco2)cc1)c1ccco1. The van der Waals surface area contributed by atoms with Crippen LogP contribution in [0.2, 0.25) is 0 Å². The molecule has 7 heteroatoms. The number of furan rings is 2. The highest BCUT2D eigenvalue weighted by Gasteiger charge is 2.21. The molecule has 4 aromatic rings. The molecule has 0 radical (unpaired) electrons. The topological polar surface area (TPSA) is 88.6 Å². The van der Waals surface area contributed by atoms with E-state index in [1.807, 2.05) is 18.2 Å². The second kappa shape index (κ2) is 8.26. The van der Waals surface area contributed by atoms with Crippen LogP contribution in [0.4, 0.5) is 11.4 Å². The van der Waals surface area contributed by atoms with E-state index in [2.05, 4.69) is 10.3 Å². The molecule has 0 atom stereocenters. The largest absolute Gasteiger partial charge is 0.459 e. The Kier molecular flexibility index (Phi) is 5.20. The zero-order valence-electron chi connectivity index (χ0n) is 15.3. The third-order valence-corrected chi connectivity index (χ3v) is 4.21. The summed E-state index contributed by atoms with van der Waals surface area (Å²) in [6.45, 7) is 0.276. The summed E-state index contributed by atoms with van der Waals surface area (Å²) in [5.41, 5.74) is 1.97. The summed E-state index contributed by atoms with van der Waals surface area (Å²) in [6.07, 6.45) is 4.57. The van der Waals surface area contributed by atoms with Crippen molar-refractivity contribution in [2.75, 3.05) is 10.2 Å². The van der Waals surface area contributed by atoms with Crippen molar-refractivity contribution in [2.45, 2.75) is 6.54 Å². The van der Waals surface area contributed by atoms with Crippen LogP contribution in [0.15, 0.2) is 94.3 Å². The summed E-state index contributed by atoms with van der Waals surface area (Å²) in [5, 5.41) is 2.75. The van der Waals surface area contributed by atoms with Crippen molar-refractivity contribution in [2.24, 2.45) is 0 Å². The molecule has 0 saturated carbocycles. The minimum Gasteiger partial charge on any atom is -0.459 e. The number of carbonyl (C=O) groups is 2. The van der Waals surface area contributed by atoms with Crippen LogP contribution in [0.5, 0.6) is 0 Å². The highest BCUT2D eigenvalue weighted by Crippen LogP contribution is 2.23. The fraction of sp³-hybridized carbons (Fsp3) is 0.0455. The molecule has 0 aliphatic carbocycles. The van der Waals surface area contributed by atoms with Gasteiger partial charge in [-0.1, -0.05) is 6.07 Å². The highest BCUT2D eigenvalue weighted by atomic mass is 16.3. The molecule has 29 heavy (non-hydrogen) atoms. The van der Waals surface area contributed by atoms with Crippen LogP contribution >= 0.6 is 0 Å². The zero-order valence-corrected chi connectivity index (χ0v) is 15.3. The maximum absolute atomic E-state index is 13.0. The molecule has 0 aliphatic rings. The number of hydrogen-bond donors (Lipinski definition) is 1. The standard InChI is InChI=1S/C22H17N3O4/c26-21(19-6-3-13-28-19)24-16-8-10-18(11-9-16)25(15-17-5-1-2-12-23-17)22(27)20-7-4-14-29-20/h1-14H,15H2,(H,24,26). The lowest BCUT2D eigenvalue weighted by atomic mass is 10.2. The number of nitrogens with zero attached hydrogens (tertiary/aromatic N) is 2. The van der Waals surface area contributed by atoms with E-state index in [0.29, 0.717) is 11.4 Å². The van der Waals surface area contributed by atoms with Crippen molar-refractivity contribution in [1.82, 2.24) is 4.98 Å². The molecule has 0 unspecified atom stereocenters. The lowest BCUT2D eigenvalue weighted by Gasteiger charge is -2.22. The summed E-state index contributed by atoms with van der Waals surface area (Å²) in [7, 11) is 0. The van der Waals surface area contributed by atoms with Gasteiger partial charge in [0, 0.05) is 17.6 Å². The van der Waals surface area contributed by atoms with E-state index in [-0.39, 0.29) is 29.9 Å². The number of amides is 2. The van der Waals surface area contributed by atoms with Gasteiger partial charge in [-0.05, 0) is 60.7 Å². The van der Waals surface area contributed by atoms with E-state index in [4.69, 9.17) is 8.83 Å². The molecular weight excluding hydrogens is 370 g/mol. The first-order valence-corrected chi connectivity index (χ1v) is 8.91. The van der Waals surface area contributed by atoms with E-state index >= 15 is 0 Å². The van der Waals surface area contributed by atoms with Crippen molar-refractivity contribution in [3.05, 3.63) is 103 Å². The van der Waals surface area contributed by atoms with Gasteiger partial charge in [0.2, 0.25) is 0 Å². The molecule has 3 heterocycles. The molecule has 3 aromatic heterocycles. The Morgan fingerprint density at radius 3 is 2.21 bits per heavy atom. The molecular formula is C22H17N3O4. The Balaban J connectivity index is 1.57. The molecule has 4 rings (SSSR count). The third kappa shape index (κ3) is 4.24. The number of benzene rings is 1. The van der Waals surface area contributed by atoms with Gasteiger partial charge >= 0.3 is 0 Å². The Morgan fingerprint density at radius 1 is 0.862 bits per heavy atom. The first-order chi connectivity index (χ1) is 14.2. The predicted molar refractivity (Wildman–Crippen MR) is 107 cm³/mol. The molecule has 0 bridgehead atoms. The number of hydrogen-bond acceptors (Lipinski definition) is 5. The van der Waals surface area contributed by atoms with Crippen LogP contribution in [0, 0.1) is 0 Å². The third-order valence-electron chi connectivity index (χ3n) is 4.21. The molecule has 1 aromatic carbocycles. The van der Waals surface area contributed by atoms with Crippen molar-refractivity contribution < 1.29 is 18.4 Å². The van der Waals surface area contributed by atoms with Crippen LogP contribution < -0.4 is 10.2 Å². The van der Waals surface area contributed by atoms with Crippen LogP contribution in [-0.2, 0) is 6.54 Å². The van der Waals surface area contributed by atoms with Gasteiger partial charge in [0.15, 0.2) is 11.5 Å². The van der Waals surface area contributed by atoms with Gasteiger partial charge in [-0.15, -0.1) is 0 Å². The lowest BCUT2D eigenvalue weighted by molar-refractivity contribution is 0.0956. The van der Waals surface area contributed by atoms with Gasteiger partial charge in [0.1, 0.15) is 0 Å². The maximum Gasteiger partial charge on any atom is 0.294 e. The second-order valence-corrected chi connectivity index (χ2v) is 6.17. The van der Waals surface area contributed by atoms with Gasteiger partial charge in [-0.2, -0.15) is 0 Å². The number of rotatable bonds is 6. The fourth-order valence-corrected chi connectivity index (χ4v) is 2.79. The van der Waals surface area contributed by atoms with E-state index in [1.54, 1.807) is 59.6 Å². The fourth-order valence-electron chi connectivity index (χ4n) is 2.79. The molecule has 2 amide bonds. The maximum atomic E-state index is 13.0. The second-order valence-electron chi connectivity index (χ2n) is 6.17. The van der Waals surface area contributed by atoms with Crippen LogP contribution in [0.3, 0.4) is 0 Å². The smallest absolute Gasteiger partial charge is 0.294 e. The average Bonchev–Trinajstić information content (AvgIpc) is 3.47. The minimum absolute atomic E-state index is 0.221. The molecule has 7 nitrogen and oxygen atoms in total. The molecule has 1 N–H and O–H groups in total. The van der Waals surface area contributed by atoms with Gasteiger partial charge in [-0.3, -0.25) is 19.5 Å². The molecule has 0 spiro atoms. The monoisotopic (exact) mass is 387 g/mol. The summed E-state index contributed by atoms with van der Waals surface area (Å²) in [5.74, 6) is -0.178. The van der Waals surface area contributed by atoms with Gasteiger partial charge < -0.3 is 14.2 Å². The summed E-state index contributed by atoms with van der Waals surface area (Å²) in [6, 6.07) is 19.0. The summed E-state index contributed by atoms with van der Waals surface area (Å²) < 4.78 is 10.4. The first kappa shape index (κ1) is 18.2. The van der Waals surface area contributed by atoms with Gasteiger partial charge in [0.25, 0.3) is 11.8 Å². The first-order valence-electron chi connectivity index (χ1n) is 8.91. The Hall–Kier alpha value is -4.13. The zero-order chi connectivity index (χ0) is 20.1. The number of pyridine rings is 1. The normalized spacial score (nSPS) is 10.5. The number of carbonyl (C=O) groups excluding carboxylic acids is 2. The van der Waals surface area contributed by atoms with Crippen molar-refractivity contribution in [3.8, 4) is 0 Å². The Bertz CT molecular complexity index is 1070.